The van der Waals surface area contributed by atoms with Crippen LogP contribution in [-0.4, -0.2) is 29.6 Å². The van der Waals surface area contributed by atoms with Crippen molar-refractivity contribution in [2.45, 2.75) is 19.5 Å². The first-order valence-corrected chi connectivity index (χ1v) is 9.36. The molecule has 1 heterocycles. The van der Waals surface area contributed by atoms with Gasteiger partial charge >= 0.3 is 0 Å². The van der Waals surface area contributed by atoms with Crippen LogP contribution in [-0.2, 0) is 13.1 Å². The van der Waals surface area contributed by atoms with Crippen LogP contribution in [0.25, 0.3) is 0 Å². The van der Waals surface area contributed by atoms with E-state index in [2.05, 4.69) is 9.80 Å². The average molecular weight is 404 g/mol. The Morgan fingerprint density at radius 1 is 0.708 bits per heavy atom. The molecule has 0 N–H and O–H groups in total. The van der Waals surface area contributed by atoms with Gasteiger partial charge in [0.2, 0.25) is 0 Å². The molecule has 128 valence electrons. The second-order valence-electron chi connectivity index (χ2n) is 6.03. The van der Waals surface area contributed by atoms with Crippen LogP contribution in [0.1, 0.15) is 17.5 Å². The Labute approximate surface area is 162 Å². The van der Waals surface area contributed by atoms with E-state index in [9.17, 15) is 0 Å². The Kier molecular flexibility index (Phi) is 6.31. The van der Waals surface area contributed by atoms with E-state index in [0.29, 0.717) is 20.1 Å². The molecule has 1 fully saturated rings. The van der Waals surface area contributed by atoms with Crippen molar-refractivity contribution in [3.05, 3.63) is 67.6 Å². The molecule has 0 radical (unpaired) electrons. The van der Waals surface area contributed by atoms with Crippen LogP contribution in [0.15, 0.2) is 36.4 Å². The maximum Gasteiger partial charge on any atom is 0.0637 e. The van der Waals surface area contributed by atoms with Gasteiger partial charge in [0.1, 0.15) is 0 Å². The Morgan fingerprint density at radius 2 is 1.17 bits per heavy atom. The number of halogens is 4. The molecule has 2 aromatic carbocycles. The summed E-state index contributed by atoms with van der Waals surface area (Å²) in [4.78, 5) is 4.75. The van der Waals surface area contributed by atoms with E-state index in [4.69, 9.17) is 46.4 Å². The first-order valence-electron chi connectivity index (χ1n) is 7.85. The average Bonchev–Trinajstić information content (AvgIpc) is 2.57. The molecule has 0 aromatic heterocycles. The van der Waals surface area contributed by atoms with E-state index >= 15 is 0 Å². The van der Waals surface area contributed by atoms with Crippen LogP contribution in [0.4, 0.5) is 0 Å². The SMILES string of the molecule is Clc1cccc(CN2CCCN(Cc3cccc(Cl)c3Cl)C2)c1Cl. The van der Waals surface area contributed by atoms with Gasteiger partial charge in [0, 0.05) is 26.2 Å². The molecule has 0 aliphatic carbocycles. The van der Waals surface area contributed by atoms with Gasteiger partial charge in [0.05, 0.1) is 26.8 Å². The van der Waals surface area contributed by atoms with E-state index in [1.54, 1.807) is 0 Å². The van der Waals surface area contributed by atoms with Crippen molar-refractivity contribution in [1.29, 1.82) is 0 Å². The third-order valence-corrected chi connectivity index (χ3v) is 5.92. The normalized spacial score (nSPS) is 16.5. The van der Waals surface area contributed by atoms with Gasteiger partial charge in [-0.05, 0) is 29.7 Å². The summed E-state index contributed by atoms with van der Waals surface area (Å²) < 4.78 is 0. The van der Waals surface area contributed by atoms with Gasteiger partial charge in [-0.2, -0.15) is 0 Å². The van der Waals surface area contributed by atoms with E-state index < -0.39 is 0 Å². The summed E-state index contributed by atoms with van der Waals surface area (Å²) in [5, 5.41) is 2.51. The Morgan fingerprint density at radius 3 is 1.62 bits per heavy atom. The van der Waals surface area contributed by atoms with Gasteiger partial charge in [-0.25, -0.2) is 0 Å². The fraction of sp³-hybridized carbons (Fsp3) is 0.333. The van der Waals surface area contributed by atoms with Gasteiger partial charge in [-0.1, -0.05) is 70.7 Å². The molecule has 2 nitrogen and oxygen atoms in total. The van der Waals surface area contributed by atoms with Crippen LogP contribution in [0.2, 0.25) is 20.1 Å². The Hall–Kier alpha value is -0.480. The summed E-state index contributed by atoms with van der Waals surface area (Å²) in [6.45, 7) is 4.54. The van der Waals surface area contributed by atoms with Gasteiger partial charge in [-0.15, -0.1) is 0 Å². The molecule has 2 aromatic rings. The second-order valence-corrected chi connectivity index (χ2v) is 7.60. The zero-order valence-electron chi connectivity index (χ0n) is 13.1. The van der Waals surface area contributed by atoms with Crippen molar-refractivity contribution in [2.24, 2.45) is 0 Å². The number of rotatable bonds is 4. The summed E-state index contributed by atoms with van der Waals surface area (Å²) >= 11 is 24.8. The quantitative estimate of drug-likeness (QED) is 0.620. The fourth-order valence-electron chi connectivity index (χ4n) is 3.02. The number of hydrogen-bond acceptors (Lipinski definition) is 2. The first-order chi connectivity index (χ1) is 11.5. The lowest BCUT2D eigenvalue weighted by atomic mass is 10.1. The van der Waals surface area contributed by atoms with Gasteiger partial charge in [-0.3, -0.25) is 9.80 Å². The highest BCUT2D eigenvalue weighted by molar-refractivity contribution is 6.42. The zero-order chi connectivity index (χ0) is 17.1. The highest BCUT2D eigenvalue weighted by atomic mass is 35.5. The summed E-state index contributed by atoms with van der Waals surface area (Å²) in [5.74, 6) is 0. The molecule has 24 heavy (non-hydrogen) atoms. The van der Waals surface area contributed by atoms with Crippen molar-refractivity contribution in [3.8, 4) is 0 Å². The lowest BCUT2D eigenvalue weighted by Crippen LogP contribution is -2.43. The van der Waals surface area contributed by atoms with Crippen LogP contribution in [0.5, 0.6) is 0 Å². The zero-order valence-corrected chi connectivity index (χ0v) is 16.1. The number of hydrogen-bond donors (Lipinski definition) is 0. The molecule has 1 aliphatic rings. The molecule has 6 heteroatoms. The largest absolute Gasteiger partial charge is 0.286 e. The van der Waals surface area contributed by atoms with Crippen molar-refractivity contribution in [1.82, 2.24) is 9.80 Å². The first kappa shape index (κ1) is 18.3. The second kappa shape index (κ2) is 8.27. The van der Waals surface area contributed by atoms with Gasteiger partial charge < -0.3 is 0 Å². The highest BCUT2D eigenvalue weighted by Crippen LogP contribution is 2.29. The van der Waals surface area contributed by atoms with Gasteiger partial charge in [0.15, 0.2) is 0 Å². The molecule has 0 atom stereocenters. The number of nitrogens with zero attached hydrogens (tertiary/aromatic N) is 2. The van der Waals surface area contributed by atoms with E-state index in [1.807, 2.05) is 36.4 Å². The third kappa shape index (κ3) is 4.37. The molecule has 0 amide bonds. The number of benzene rings is 2. The summed E-state index contributed by atoms with van der Waals surface area (Å²) in [6, 6.07) is 11.6. The van der Waals surface area contributed by atoms with Crippen molar-refractivity contribution in [2.75, 3.05) is 19.8 Å². The summed E-state index contributed by atoms with van der Waals surface area (Å²) in [5.41, 5.74) is 2.12. The minimum Gasteiger partial charge on any atom is -0.286 e. The smallest absolute Gasteiger partial charge is 0.0637 e. The van der Waals surface area contributed by atoms with Crippen LogP contribution in [0.3, 0.4) is 0 Å². The van der Waals surface area contributed by atoms with Crippen molar-refractivity contribution < 1.29 is 0 Å². The van der Waals surface area contributed by atoms with Crippen molar-refractivity contribution >= 4 is 46.4 Å². The van der Waals surface area contributed by atoms with Crippen LogP contribution >= 0.6 is 46.4 Å². The molecular weight excluding hydrogens is 386 g/mol. The minimum atomic E-state index is 0.605. The van der Waals surface area contributed by atoms with E-state index in [-0.39, 0.29) is 0 Å². The summed E-state index contributed by atoms with van der Waals surface area (Å²) in [6.07, 6.45) is 1.11. The molecule has 0 saturated carbocycles. The summed E-state index contributed by atoms with van der Waals surface area (Å²) in [7, 11) is 0. The maximum absolute atomic E-state index is 6.31. The predicted octanol–water partition coefficient (Wildman–Crippen LogP) is 5.97. The van der Waals surface area contributed by atoms with E-state index in [1.165, 1.54) is 0 Å². The molecule has 0 unspecified atom stereocenters. The fourth-order valence-corrected chi connectivity index (χ4v) is 3.78. The topological polar surface area (TPSA) is 6.48 Å². The Bertz CT molecular complexity index is 661. The highest BCUT2D eigenvalue weighted by Gasteiger charge is 2.20. The lowest BCUT2D eigenvalue weighted by molar-refractivity contribution is 0.0746. The standard InChI is InChI=1S/C18H18Cl4N2/c19-15-6-1-4-13(17(15)21)10-23-8-3-9-24(12-23)11-14-5-2-7-16(20)18(14)22/h1-2,4-7H,3,8-12H2. The minimum absolute atomic E-state index is 0.605. The monoisotopic (exact) mass is 402 g/mol. The van der Waals surface area contributed by atoms with Crippen LogP contribution in [0, 0.1) is 0 Å². The molecule has 0 bridgehead atoms. The molecule has 1 saturated heterocycles. The van der Waals surface area contributed by atoms with Crippen LogP contribution < -0.4 is 0 Å². The van der Waals surface area contributed by atoms with Gasteiger partial charge in [0.25, 0.3) is 0 Å². The molecule has 0 spiro atoms. The predicted molar refractivity (Wildman–Crippen MR) is 103 cm³/mol. The van der Waals surface area contributed by atoms with E-state index in [0.717, 1.165) is 50.4 Å². The third-order valence-electron chi connectivity index (χ3n) is 4.20. The molecule has 1 aliphatic heterocycles. The maximum atomic E-state index is 6.31. The van der Waals surface area contributed by atoms with Crippen molar-refractivity contribution in [3.63, 3.8) is 0 Å². The lowest BCUT2D eigenvalue weighted by Gasteiger charge is -2.36. The Balaban J connectivity index is 1.66. The molecular formula is C18H18Cl4N2. The molecule has 3 rings (SSSR count).